The lowest BCUT2D eigenvalue weighted by atomic mass is 10.0. The number of aryl methyl sites for hydroxylation is 2. The molecular weight excluding hydrogens is 238 g/mol. The van der Waals surface area contributed by atoms with Crippen LogP contribution in [-0.4, -0.2) is 34.5 Å². The summed E-state index contributed by atoms with van der Waals surface area (Å²) in [7, 11) is 5.44. The van der Waals surface area contributed by atoms with Crippen LogP contribution in [0.15, 0.2) is 18.7 Å². The Kier molecular flexibility index (Phi) is 3.42. The first-order valence-electron chi connectivity index (χ1n) is 6.16. The van der Waals surface area contributed by atoms with Crippen molar-refractivity contribution < 1.29 is 4.79 Å². The monoisotopic (exact) mass is 256 g/mol. The van der Waals surface area contributed by atoms with Crippen molar-refractivity contribution in [1.82, 2.24) is 14.5 Å². The zero-order chi connectivity index (χ0) is 14.2. The van der Waals surface area contributed by atoms with Gasteiger partial charge in [0.1, 0.15) is 5.82 Å². The molecule has 0 unspecified atom stereocenters. The molecule has 0 fully saturated rings. The molecule has 0 aliphatic carbocycles. The fourth-order valence-electron chi connectivity index (χ4n) is 2.06. The second-order valence-corrected chi connectivity index (χ2v) is 4.81. The molecule has 0 atom stereocenters. The topological polar surface area (TPSA) is 38.1 Å². The maximum absolute atomic E-state index is 12.2. The average Bonchev–Trinajstić information content (AvgIpc) is 2.63. The summed E-state index contributed by atoms with van der Waals surface area (Å²) in [6.45, 7) is 5.67. The summed E-state index contributed by atoms with van der Waals surface area (Å²) in [5.74, 6) is 0.888. The van der Waals surface area contributed by atoms with E-state index < -0.39 is 0 Å². The Morgan fingerprint density at radius 1 is 1.58 bits per heavy atom. The van der Waals surface area contributed by atoms with Gasteiger partial charge >= 0.3 is 0 Å². The maximum Gasteiger partial charge on any atom is 0.253 e. The summed E-state index contributed by atoms with van der Waals surface area (Å²) in [5.41, 5.74) is 3.24. The molecule has 4 nitrogen and oxygen atoms in total. The smallest absolute Gasteiger partial charge is 0.253 e. The average molecular weight is 256 g/mol. The van der Waals surface area contributed by atoms with E-state index in [1.54, 1.807) is 25.1 Å². The lowest BCUT2D eigenvalue weighted by molar-refractivity contribution is 0.0827. The van der Waals surface area contributed by atoms with Crippen LogP contribution in [0.4, 0.5) is 0 Å². The van der Waals surface area contributed by atoms with Crippen LogP contribution in [0.2, 0.25) is 0 Å². The lowest BCUT2D eigenvalue weighted by Crippen LogP contribution is -2.23. The van der Waals surface area contributed by atoms with E-state index in [9.17, 15) is 4.79 Å². The van der Waals surface area contributed by atoms with Crippen molar-refractivity contribution in [2.45, 2.75) is 13.3 Å². The first-order chi connectivity index (χ1) is 8.95. The van der Waals surface area contributed by atoms with E-state index in [1.165, 1.54) is 0 Å². The fraction of sp³-hybridized carbons (Fsp3) is 0.333. The number of allylic oxidation sites excluding steroid dienone is 1. The number of aromatic nitrogens is 2. The summed E-state index contributed by atoms with van der Waals surface area (Å²) in [5, 5.41) is 0. The second-order valence-electron chi connectivity index (χ2n) is 4.81. The summed E-state index contributed by atoms with van der Waals surface area (Å²) >= 11 is 0. The van der Waals surface area contributed by atoms with Crippen molar-refractivity contribution in [1.29, 1.82) is 0 Å². The predicted octanol–water partition coefficient (Wildman–Crippen LogP) is 2.11. The van der Waals surface area contributed by atoms with E-state index in [0.717, 1.165) is 22.4 Å². The molecule has 0 bridgehead atoms. The van der Waals surface area contributed by atoms with Gasteiger partial charge in [0.2, 0.25) is 0 Å². The van der Waals surface area contributed by atoms with Gasteiger partial charge in [0, 0.05) is 32.8 Å². The molecule has 1 radical (unpaired) electrons. The normalized spacial score (nSPS) is 10.7. The van der Waals surface area contributed by atoms with E-state index >= 15 is 0 Å². The van der Waals surface area contributed by atoms with E-state index in [2.05, 4.69) is 17.6 Å². The Morgan fingerprint density at radius 2 is 2.26 bits per heavy atom. The number of carbonyl (C=O) groups excluding carboxylic acids is 1. The van der Waals surface area contributed by atoms with Crippen LogP contribution in [0.5, 0.6) is 0 Å². The third-order valence-corrected chi connectivity index (χ3v) is 3.22. The molecule has 1 heterocycles. The third kappa shape index (κ3) is 2.26. The van der Waals surface area contributed by atoms with Gasteiger partial charge in [-0.2, -0.15) is 0 Å². The maximum atomic E-state index is 12.2. The lowest BCUT2D eigenvalue weighted by Gasteiger charge is -2.13. The van der Waals surface area contributed by atoms with Crippen molar-refractivity contribution in [2.24, 2.45) is 7.05 Å². The second kappa shape index (κ2) is 4.88. The quantitative estimate of drug-likeness (QED) is 0.789. The van der Waals surface area contributed by atoms with E-state index in [1.807, 2.05) is 24.6 Å². The van der Waals surface area contributed by atoms with Gasteiger partial charge in [-0.15, -0.1) is 6.58 Å². The molecular formula is C15H18N3O. The Labute approximate surface area is 113 Å². The Bertz CT molecular complexity index is 653. The molecule has 1 aromatic carbocycles. The summed E-state index contributed by atoms with van der Waals surface area (Å²) in [4.78, 5) is 18.3. The number of fused-ring (bicyclic) bond motifs is 1. The van der Waals surface area contributed by atoms with Gasteiger partial charge < -0.3 is 9.47 Å². The van der Waals surface area contributed by atoms with Gasteiger partial charge in [-0.25, -0.2) is 4.98 Å². The van der Waals surface area contributed by atoms with Gasteiger partial charge in [0.05, 0.1) is 11.0 Å². The van der Waals surface area contributed by atoms with Crippen LogP contribution in [0.1, 0.15) is 21.7 Å². The van der Waals surface area contributed by atoms with Crippen molar-refractivity contribution in [3.8, 4) is 0 Å². The molecule has 2 rings (SSSR count). The third-order valence-electron chi connectivity index (χ3n) is 3.22. The molecule has 0 aliphatic heterocycles. The number of amides is 1. The highest BCUT2D eigenvalue weighted by Gasteiger charge is 2.16. The molecule has 0 saturated heterocycles. The zero-order valence-corrected chi connectivity index (χ0v) is 11.8. The van der Waals surface area contributed by atoms with Crippen molar-refractivity contribution in [2.75, 3.05) is 14.1 Å². The standard InChI is InChI=1S/C15H18N3O/c1-6-7-11-8-13-14(18(5)10(2)16-13)9-12(11)15(19)17(3)4/h6,9H,1,7H2,2-5H3. The van der Waals surface area contributed by atoms with Crippen molar-refractivity contribution in [3.63, 3.8) is 0 Å². The van der Waals surface area contributed by atoms with Crippen LogP contribution >= 0.6 is 0 Å². The number of hydrogen-bond acceptors (Lipinski definition) is 2. The Balaban J connectivity index is 2.71. The number of rotatable bonds is 3. The van der Waals surface area contributed by atoms with Crippen LogP contribution in [0, 0.1) is 13.0 Å². The predicted molar refractivity (Wildman–Crippen MR) is 76.2 cm³/mol. The first-order valence-corrected chi connectivity index (χ1v) is 6.16. The molecule has 0 spiro atoms. The van der Waals surface area contributed by atoms with Gasteiger partial charge in [-0.3, -0.25) is 4.79 Å². The van der Waals surface area contributed by atoms with Gasteiger partial charge in [-0.1, -0.05) is 6.08 Å². The van der Waals surface area contributed by atoms with Gasteiger partial charge in [0.25, 0.3) is 5.91 Å². The van der Waals surface area contributed by atoms with Crippen LogP contribution in [0.25, 0.3) is 11.0 Å². The van der Waals surface area contributed by atoms with Crippen LogP contribution < -0.4 is 0 Å². The number of nitrogens with zero attached hydrogens (tertiary/aromatic N) is 3. The summed E-state index contributed by atoms with van der Waals surface area (Å²) in [6, 6.07) is 5.14. The number of hydrogen-bond donors (Lipinski definition) is 0. The van der Waals surface area contributed by atoms with E-state index in [0.29, 0.717) is 12.0 Å². The summed E-state index contributed by atoms with van der Waals surface area (Å²) < 4.78 is 1.97. The molecule has 99 valence electrons. The largest absolute Gasteiger partial charge is 0.345 e. The molecule has 1 amide bonds. The molecule has 0 N–H and O–H groups in total. The number of imidazole rings is 1. The minimum Gasteiger partial charge on any atom is -0.345 e. The fourth-order valence-corrected chi connectivity index (χ4v) is 2.06. The highest BCUT2D eigenvalue weighted by Crippen LogP contribution is 2.21. The molecule has 1 aromatic heterocycles. The van der Waals surface area contributed by atoms with Crippen LogP contribution in [-0.2, 0) is 13.5 Å². The molecule has 2 aromatic rings. The molecule has 0 saturated carbocycles. The molecule has 4 heteroatoms. The van der Waals surface area contributed by atoms with E-state index in [-0.39, 0.29) is 5.91 Å². The zero-order valence-electron chi connectivity index (χ0n) is 11.8. The minimum atomic E-state index is -0.0196. The minimum absolute atomic E-state index is 0.0196. The number of benzene rings is 1. The SMILES string of the molecule is C=CCc1[c]c2nc(C)n(C)c2cc1C(=O)N(C)C. The molecule has 0 aliphatic rings. The Morgan fingerprint density at radius 3 is 2.84 bits per heavy atom. The highest BCUT2D eigenvalue weighted by molar-refractivity contribution is 5.98. The van der Waals surface area contributed by atoms with Crippen molar-refractivity contribution >= 4 is 16.9 Å². The van der Waals surface area contributed by atoms with E-state index in [4.69, 9.17) is 0 Å². The van der Waals surface area contributed by atoms with Crippen molar-refractivity contribution in [3.05, 3.63) is 41.7 Å². The number of carbonyl (C=O) groups is 1. The van der Waals surface area contributed by atoms with Gasteiger partial charge in [-0.05, 0) is 25.0 Å². The van der Waals surface area contributed by atoms with Gasteiger partial charge in [0.15, 0.2) is 0 Å². The van der Waals surface area contributed by atoms with Crippen LogP contribution in [0.3, 0.4) is 0 Å². The first kappa shape index (κ1) is 13.3. The Hall–Kier alpha value is -2.10. The summed E-state index contributed by atoms with van der Waals surface area (Å²) in [6.07, 6.45) is 2.39. The highest BCUT2D eigenvalue weighted by atomic mass is 16.2. The molecule has 19 heavy (non-hydrogen) atoms.